The van der Waals surface area contributed by atoms with E-state index in [0.717, 1.165) is 35.7 Å². The zero-order valence-electron chi connectivity index (χ0n) is 21.2. The molecule has 5 aromatic rings. The smallest absolute Gasteiger partial charge is 0.156 e. The maximum atomic E-state index is 16.1. The third-order valence-electron chi connectivity index (χ3n) is 7.14. The summed E-state index contributed by atoms with van der Waals surface area (Å²) in [4.78, 5) is 0. The van der Waals surface area contributed by atoms with E-state index >= 15 is 4.39 Å². The first-order valence-electron chi connectivity index (χ1n) is 13.2. The fraction of sp³-hybridized carbons (Fsp3) is 0.212. The van der Waals surface area contributed by atoms with Crippen molar-refractivity contribution >= 4 is 22.5 Å². The van der Waals surface area contributed by atoms with Gasteiger partial charge in [-0.25, -0.2) is 4.39 Å². The van der Waals surface area contributed by atoms with E-state index < -0.39 is 0 Å². The van der Waals surface area contributed by atoms with Crippen molar-refractivity contribution in [3.05, 3.63) is 125 Å². The average molecular weight is 525 g/mol. The molecule has 1 N–H and O–H groups in total. The van der Waals surface area contributed by atoms with Gasteiger partial charge in [0.2, 0.25) is 0 Å². The zero-order valence-corrected chi connectivity index (χ0v) is 21.9. The summed E-state index contributed by atoms with van der Waals surface area (Å²) >= 11 is 6.57. The molecule has 4 aromatic carbocycles. The maximum Gasteiger partial charge on any atom is 0.156 e. The van der Waals surface area contributed by atoms with Crippen molar-refractivity contribution in [2.24, 2.45) is 0 Å². The second kappa shape index (κ2) is 11.0. The lowest BCUT2D eigenvalue weighted by molar-refractivity contribution is 0.306. The second-order valence-corrected chi connectivity index (χ2v) is 10.4. The fourth-order valence-corrected chi connectivity index (χ4v) is 5.13. The molecular weight excluding hydrogens is 495 g/mol. The van der Waals surface area contributed by atoms with Crippen LogP contribution in [0.1, 0.15) is 29.5 Å². The van der Waals surface area contributed by atoms with Crippen molar-refractivity contribution in [1.29, 1.82) is 0 Å². The van der Waals surface area contributed by atoms with Crippen molar-refractivity contribution in [3.63, 3.8) is 0 Å². The molecule has 0 saturated heterocycles. The van der Waals surface area contributed by atoms with Gasteiger partial charge < -0.3 is 14.6 Å². The topological polar surface area (TPSA) is 26.2 Å². The Kier molecular flexibility index (Phi) is 7.17. The monoisotopic (exact) mass is 524 g/mol. The number of aromatic nitrogens is 1. The standard InChI is InChI=1S/C33H30ClFN2O/c34-30-9-5-4-8-28(30)33-32(35)29-20-27(38-22-25-6-2-1-3-7-25)16-17-31(29)37(33)21-24-12-10-23(11-13-24)18-19-36-26-14-15-26/h1-13,16-17,20,26,36H,14-15,18-19,21-22H2. The lowest BCUT2D eigenvalue weighted by Crippen LogP contribution is -2.19. The van der Waals surface area contributed by atoms with Gasteiger partial charge in [-0.2, -0.15) is 0 Å². The molecule has 192 valence electrons. The van der Waals surface area contributed by atoms with Crippen LogP contribution in [0.4, 0.5) is 4.39 Å². The Labute approximate surface area is 227 Å². The zero-order chi connectivity index (χ0) is 25.9. The summed E-state index contributed by atoms with van der Waals surface area (Å²) in [6.07, 6.45) is 3.61. The molecule has 0 spiro atoms. The van der Waals surface area contributed by atoms with E-state index in [1.165, 1.54) is 18.4 Å². The van der Waals surface area contributed by atoms with Crippen molar-refractivity contribution < 1.29 is 9.13 Å². The minimum Gasteiger partial charge on any atom is -0.489 e. The molecule has 5 heteroatoms. The maximum absolute atomic E-state index is 16.1. The molecule has 1 fully saturated rings. The minimum atomic E-state index is -0.291. The van der Waals surface area contributed by atoms with Crippen LogP contribution in [-0.2, 0) is 19.6 Å². The van der Waals surface area contributed by atoms with Gasteiger partial charge in [0.1, 0.15) is 12.4 Å². The molecule has 1 saturated carbocycles. The number of halogens is 2. The molecule has 0 unspecified atom stereocenters. The number of nitrogens with zero attached hydrogens (tertiary/aromatic N) is 1. The number of rotatable bonds is 10. The molecule has 0 bridgehead atoms. The summed E-state index contributed by atoms with van der Waals surface area (Å²) in [7, 11) is 0. The Morgan fingerprint density at radius 3 is 2.34 bits per heavy atom. The van der Waals surface area contributed by atoms with Crippen molar-refractivity contribution in [2.75, 3.05) is 6.54 Å². The predicted molar refractivity (Wildman–Crippen MR) is 153 cm³/mol. The van der Waals surface area contributed by atoms with Gasteiger partial charge in [0.25, 0.3) is 0 Å². The largest absolute Gasteiger partial charge is 0.489 e. The summed E-state index contributed by atoms with van der Waals surface area (Å²) in [5, 5.41) is 4.61. The van der Waals surface area contributed by atoms with E-state index in [2.05, 4.69) is 29.6 Å². The predicted octanol–water partition coefficient (Wildman–Crippen LogP) is 8.02. The third kappa shape index (κ3) is 5.47. The first-order valence-corrected chi connectivity index (χ1v) is 13.6. The van der Waals surface area contributed by atoms with Crippen molar-refractivity contribution in [2.45, 2.75) is 38.5 Å². The van der Waals surface area contributed by atoms with E-state index in [9.17, 15) is 0 Å². The van der Waals surface area contributed by atoms with E-state index in [1.54, 1.807) is 12.1 Å². The molecule has 3 nitrogen and oxygen atoms in total. The molecule has 1 aromatic heterocycles. The minimum absolute atomic E-state index is 0.291. The van der Waals surface area contributed by atoms with Crippen molar-refractivity contribution in [1.82, 2.24) is 9.88 Å². The first-order chi connectivity index (χ1) is 18.7. The van der Waals surface area contributed by atoms with Crippen LogP contribution >= 0.6 is 11.6 Å². The molecule has 0 aliphatic heterocycles. The average Bonchev–Trinajstić information content (AvgIpc) is 3.74. The van der Waals surface area contributed by atoms with E-state index in [1.807, 2.05) is 65.2 Å². The van der Waals surface area contributed by atoms with E-state index in [0.29, 0.717) is 40.6 Å². The molecule has 0 atom stereocenters. The lowest BCUT2D eigenvalue weighted by atomic mass is 10.1. The Balaban J connectivity index is 1.32. The van der Waals surface area contributed by atoms with Gasteiger partial charge in [0, 0.05) is 28.6 Å². The Morgan fingerprint density at radius 1 is 0.842 bits per heavy atom. The van der Waals surface area contributed by atoms with Crippen LogP contribution < -0.4 is 10.1 Å². The number of ether oxygens (including phenoxy) is 1. The number of hydrogen-bond acceptors (Lipinski definition) is 2. The van der Waals surface area contributed by atoms with Gasteiger partial charge in [-0.1, -0.05) is 84.4 Å². The molecule has 1 heterocycles. The third-order valence-corrected chi connectivity index (χ3v) is 7.47. The molecule has 0 radical (unpaired) electrons. The Morgan fingerprint density at radius 2 is 1.58 bits per heavy atom. The number of nitrogens with one attached hydrogen (secondary N) is 1. The molecule has 1 aliphatic rings. The molecule has 0 amide bonds. The molecular formula is C33H30ClFN2O. The first kappa shape index (κ1) is 24.7. The van der Waals surface area contributed by atoms with Gasteiger partial charge in [-0.05, 0) is 66.8 Å². The Bertz CT molecular complexity index is 1540. The highest BCUT2D eigenvalue weighted by atomic mass is 35.5. The van der Waals surface area contributed by atoms with Crippen LogP contribution in [0.15, 0.2) is 97.1 Å². The van der Waals surface area contributed by atoms with Crippen LogP contribution in [0.3, 0.4) is 0 Å². The second-order valence-electron chi connectivity index (χ2n) is 9.98. The van der Waals surface area contributed by atoms with Crippen LogP contribution in [0, 0.1) is 5.82 Å². The number of hydrogen-bond donors (Lipinski definition) is 1. The lowest BCUT2D eigenvalue weighted by Gasteiger charge is -2.13. The fourth-order valence-electron chi connectivity index (χ4n) is 4.91. The van der Waals surface area contributed by atoms with E-state index in [4.69, 9.17) is 16.3 Å². The van der Waals surface area contributed by atoms with Crippen LogP contribution in [-0.4, -0.2) is 17.2 Å². The van der Waals surface area contributed by atoms with Crippen LogP contribution in [0.5, 0.6) is 5.75 Å². The molecule has 38 heavy (non-hydrogen) atoms. The summed E-state index contributed by atoms with van der Waals surface area (Å²) < 4.78 is 24.2. The molecule has 6 rings (SSSR count). The Hall–Kier alpha value is -3.60. The van der Waals surface area contributed by atoms with Crippen LogP contribution in [0.2, 0.25) is 5.02 Å². The number of benzene rings is 4. The summed E-state index contributed by atoms with van der Waals surface area (Å²) in [5.41, 5.74) is 5.45. The van der Waals surface area contributed by atoms with Crippen LogP contribution in [0.25, 0.3) is 22.2 Å². The quantitative estimate of drug-likeness (QED) is 0.200. The summed E-state index contributed by atoms with van der Waals surface area (Å²) in [5.74, 6) is 0.341. The van der Waals surface area contributed by atoms with Gasteiger partial charge in [0.05, 0.1) is 11.2 Å². The summed E-state index contributed by atoms with van der Waals surface area (Å²) in [6, 6.07) is 32.4. The summed E-state index contributed by atoms with van der Waals surface area (Å²) in [6.45, 7) is 1.96. The highest BCUT2D eigenvalue weighted by molar-refractivity contribution is 6.33. The van der Waals surface area contributed by atoms with Gasteiger partial charge >= 0.3 is 0 Å². The highest BCUT2D eigenvalue weighted by Crippen LogP contribution is 2.38. The van der Waals surface area contributed by atoms with Crippen molar-refractivity contribution in [3.8, 4) is 17.0 Å². The highest BCUT2D eigenvalue weighted by Gasteiger charge is 2.22. The SMILES string of the molecule is Fc1c(-c2ccccc2Cl)n(Cc2ccc(CCNC3CC3)cc2)c2ccc(OCc3ccccc3)cc12. The molecule has 1 aliphatic carbocycles. The van der Waals surface area contributed by atoms with Gasteiger partial charge in [0.15, 0.2) is 5.82 Å². The van der Waals surface area contributed by atoms with E-state index in [-0.39, 0.29) is 5.82 Å². The normalized spacial score (nSPS) is 13.2. The van der Waals surface area contributed by atoms with Gasteiger partial charge in [-0.3, -0.25) is 0 Å². The number of fused-ring (bicyclic) bond motifs is 1. The van der Waals surface area contributed by atoms with Gasteiger partial charge in [-0.15, -0.1) is 0 Å².